The van der Waals surface area contributed by atoms with Crippen LogP contribution in [0.4, 0.5) is 4.39 Å². The summed E-state index contributed by atoms with van der Waals surface area (Å²) in [6.07, 6.45) is 4.39. The number of phenols is 1. The van der Waals surface area contributed by atoms with Gasteiger partial charge in [0.25, 0.3) is 0 Å². The summed E-state index contributed by atoms with van der Waals surface area (Å²) in [7, 11) is 0. The highest BCUT2D eigenvalue weighted by atomic mass is 32.2. The minimum Gasteiger partial charge on any atom is -0.505 e. The van der Waals surface area contributed by atoms with Gasteiger partial charge in [-0.25, -0.2) is 4.39 Å². The van der Waals surface area contributed by atoms with E-state index in [2.05, 4.69) is 11.6 Å². The summed E-state index contributed by atoms with van der Waals surface area (Å²) in [6, 6.07) is 4.60. The number of rotatable bonds is 7. The Labute approximate surface area is 100 Å². The second kappa shape index (κ2) is 7.52. The first-order valence-electron chi connectivity index (χ1n) is 5.41. The third-order valence-electron chi connectivity index (χ3n) is 2.34. The van der Waals surface area contributed by atoms with E-state index in [0.29, 0.717) is 12.1 Å². The predicted octanol–water partition coefficient (Wildman–Crippen LogP) is 2.76. The average Bonchev–Trinajstić information content (AvgIpc) is 2.29. The molecular formula is C12H18FNOS. The van der Waals surface area contributed by atoms with E-state index < -0.39 is 5.82 Å². The lowest BCUT2D eigenvalue weighted by Crippen LogP contribution is -2.15. The Bertz CT molecular complexity index is 320. The van der Waals surface area contributed by atoms with E-state index in [4.69, 9.17) is 0 Å². The maximum atomic E-state index is 13.0. The minimum atomic E-state index is -0.554. The van der Waals surface area contributed by atoms with Crippen LogP contribution in [0.1, 0.15) is 18.4 Å². The van der Waals surface area contributed by atoms with Gasteiger partial charge in [0.2, 0.25) is 0 Å². The molecule has 0 bridgehead atoms. The van der Waals surface area contributed by atoms with E-state index in [1.165, 1.54) is 18.2 Å². The molecule has 90 valence electrons. The Morgan fingerprint density at radius 2 is 2.19 bits per heavy atom. The number of thioether (sulfide) groups is 1. The van der Waals surface area contributed by atoms with Gasteiger partial charge in [-0.1, -0.05) is 12.1 Å². The zero-order valence-corrected chi connectivity index (χ0v) is 10.3. The topological polar surface area (TPSA) is 32.3 Å². The Balaban J connectivity index is 2.24. The Hall–Kier alpha value is -0.740. The molecule has 0 heterocycles. The first-order chi connectivity index (χ1) is 7.75. The van der Waals surface area contributed by atoms with Crippen molar-refractivity contribution in [3.05, 3.63) is 29.6 Å². The van der Waals surface area contributed by atoms with Crippen molar-refractivity contribution in [1.29, 1.82) is 0 Å². The van der Waals surface area contributed by atoms with Crippen LogP contribution < -0.4 is 5.32 Å². The van der Waals surface area contributed by atoms with Gasteiger partial charge < -0.3 is 10.4 Å². The van der Waals surface area contributed by atoms with Gasteiger partial charge in [0.1, 0.15) is 0 Å². The molecule has 0 aliphatic heterocycles. The molecule has 0 radical (unpaired) electrons. The Kier molecular flexibility index (Phi) is 6.26. The van der Waals surface area contributed by atoms with Crippen LogP contribution in [-0.4, -0.2) is 23.7 Å². The van der Waals surface area contributed by atoms with Gasteiger partial charge in [0, 0.05) is 12.1 Å². The van der Waals surface area contributed by atoms with Crippen molar-refractivity contribution in [2.75, 3.05) is 18.6 Å². The summed E-state index contributed by atoms with van der Waals surface area (Å²) in [5.74, 6) is 0.383. The van der Waals surface area contributed by atoms with E-state index in [1.807, 2.05) is 11.8 Å². The zero-order valence-electron chi connectivity index (χ0n) is 9.50. The van der Waals surface area contributed by atoms with E-state index >= 15 is 0 Å². The summed E-state index contributed by atoms with van der Waals surface area (Å²) >= 11 is 1.84. The first-order valence-corrected chi connectivity index (χ1v) is 6.81. The molecule has 2 N–H and O–H groups in total. The summed E-state index contributed by atoms with van der Waals surface area (Å²) in [6.45, 7) is 1.42. The first kappa shape index (κ1) is 13.3. The van der Waals surface area contributed by atoms with Crippen molar-refractivity contribution in [2.24, 2.45) is 0 Å². The van der Waals surface area contributed by atoms with Crippen LogP contribution in [0.2, 0.25) is 0 Å². The molecule has 1 aromatic carbocycles. The molecule has 0 aliphatic carbocycles. The van der Waals surface area contributed by atoms with E-state index in [1.54, 1.807) is 12.1 Å². The lowest BCUT2D eigenvalue weighted by atomic mass is 10.2. The highest BCUT2D eigenvalue weighted by Gasteiger charge is 2.04. The zero-order chi connectivity index (χ0) is 11.8. The van der Waals surface area contributed by atoms with Crippen LogP contribution in [0, 0.1) is 5.82 Å². The van der Waals surface area contributed by atoms with Crippen LogP contribution in [-0.2, 0) is 6.54 Å². The number of benzene rings is 1. The summed E-state index contributed by atoms with van der Waals surface area (Å²) in [4.78, 5) is 0. The second-order valence-electron chi connectivity index (χ2n) is 3.62. The van der Waals surface area contributed by atoms with Crippen LogP contribution in [0.5, 0.6) is 5.75 Å². The van der Waals surface area contributed by atoms with Crippen LogP contribution in [0.3, 0.4) is 0 Å². The molecule has 0 atom stereocenters. The average molecular weight is 243 g/mol. The Morgan fingerprint density at radius 1 is 1.38 bits per heavy atom. The molecule has 0 saturated carbocycles. The monoisotopic (exact) mass is 243 g/mol. The third-order valence-corrected chi connectivity index (χ3v) is 3.03. The molecule has 1 aromatic rings. The number of aromatic hydroxyl groups is 1. The number of phenolic OH excluding ortho intramolecular Hbond substituents is 1. The van der Waals surface area contributed by atoms with E-state index in [9.17, 15) is 9.50 Å². The number of para-hydroxylation sites is 1. The molecule has 0 aromatic heterocycles. The fraction of sp³-hybridized carbons (Fsp3) is 0.500. The number of nitrogens with one attached hydrogen (secondary N) is 1. The summed E-state index contributed by atoms with van der Waals surface area (Å²) in [5.41, 5.74) is 0.616. The van der Waals surface area contributed by atoms with Gasteiger partial charge in [-0.2, -0.15) is 11.8 Å². The maximum absolute atomic E-state index is 13.0. The van der Waals surface area contributed by atoms with Crippen molar-refractivity contribution in [3.63, 3.8) is 0 Å². The van der Waals surface area contributed by atoms with Gasteiger partial charge in [-0.3, -0.25) is 0 Å². The van der Waals surface area contributed by atoms with Gasteiger partial charge in [-0.05, 0) is 37.5 Å². The molecule has 0 spiro atoms. The Morgan fingerprint density at radius 3 is 2.94 bits per heavy atom. The molecular weight excluding hydrogens is 225 g/mol. The number of halogens is 1. The number of hydrogen-bond acceptors (Lipinski definition) is 3. The van der Waals surface area contributed by atoms with Gasteiger partial charge in [-0.15, -0.1) is 0 Å². The maximum Gasteiger partial charge on any atom is 0.165 e. The van der Waals surface area contributed by atoms with Crippen LogP contribution in [0.25, 0.3) is 0 Å². The minimum absolute atomic E-state index is 0.237. The van der Waals surface area contributed by atoms with Crippen molar-refractivity contribution in [1.82, 2.24) is 5.32 Å². The fourth-order valence-corrected chi connectivity index (χ4v) is 1.91. The van der Waals surface area contributed by atoms with Gasteiger partial charge in [0.05, 0.1) is 0 Å². The quantitative estimate of drug-likeness (QED) is 0.722. The van der Waals surface area contributed by atoms with Gasteiger partial charge >= 0.3 is 0 Å². The standard InChI is InChI=1S/C12H18FNOS/c1-16-8-3-2-7-14-9-10-5-4-6-11(13)12(10)15/h4-6,14-15H,2-3,7-9H2,1H3. The third kappa shape index (κ3) is 4.41. The van der Waals surface area contributed by atoms with E-state index in [-0.39, 0.29) is 5.75 Å². The molecule has 1 rings (SSSR count). The molecule has 16 heavy (non-hydrogen) atoms. The normalized spacial score (nSPS) is 10.6. The molecule has 0 saturated heterocycles. The van der Waals surface area contributed by atoms with Crippen LogP contribution >= 0.6 is 11.8 Å². The molecule has 0 aliphatic rings. The molecule has 0 fully saturated rings. The fourth-order valence-electron chi connectivity index (χ4n) is 1.42. The van der Waals surface area contributed by atoms with Crippen molar-refractivity contribution in [2.45, 2.75) is 19.4 Å². The van der Waals surface area contributed by atoms with Gasteiger partial charge in [0.15, 0.2) is 11.6 Å². The van der Waals surface area contributed by atoms with E-state index in [0.717, 1.165) is 13.0 Å². The number of hydrogen-bond donors (Lipinski definition) is 2. The largest absolute Gasteiger partial charge is 0.505 e. The van der Waals surface area contributed by atoms with Crippen molar-refractivity contribution >= 4 is 11.8 Å². The van der Waals surface area contributed by atoms with Crippen molar-refractivity contribution in [3.8, 4) is 5.75 Å². The molecule has 4 heteroatoms. The number of unbranched alkanes of at least 4 members (excludes halogenated alkanes) is 1. The van der Waals surface area contributed by atoms with Crippen LogP contribution in [0.15, 0.2) is 18.2 Å². The highest BCUT2D eigenvalue weighted by Crippen LogP contribution is 2.20. The lowest BCUT2D eigenvalue weighted by molar-refractivity contribution is 0.423. The molecule has 0 unspecified atom stereocenters. The summed E-state index contributed by atoms with van der Waals surface area (Å²) < 4.78 is 13.0. The smallest absolute Gasteiger partial charge is 0.165 e. The highest BCUT2D eigenvalue weighted by molar-refractivity contribution is 7.98. The lowest BCUT2D eigenvalue weighted by Gasteiger charge is -2.07. The van der Waals surface area contributed by atoms with Crippen molar-refractivity contribution < 1.29 is 9.50 Å². The predicted molar refractivity (Wildman–Crippen MR) is 67.4 cm³/mol. The molecule has 2 nitrogen and oxygen atoms in total. The summed E-state index contributed by atoms with van der Waals surface area (Å²) in [5, 5.41) is 12.6. The second-order valence-corrected chi connectivity index (χ2v) is 4.61. The molecule has 0 amide bonds. The SMILES string of the molecule is CSCCCCNCc1cccc(F)c1O.